The third-order valence-corrected chi connectivity index (χ3v) is 4.62. The summed E-state index contributed by atoms with van der Waals surface area (Å²) in [7, 11) is 0. The molecular weight excluding hydrogens is 228 g/mol. The number of carboxylic acid groups (broad SMARTS) is 1. The van der Waals surface area contributed by atoms with E-state index in [4.69, 9.17) is 0 Å². The van der Waals surface area contributed by atoms with Crippen LogP contribution in [0.15, 0.2) is 0 Å². The molecule has 0 aromatic carbocycles. The lowest BCUT2D eigenvalue weighted by Crippen LogP contribution is -2.64. The predicted octanol–water partition coefficient (Wildman–Crippen LogP) is 1.21. The fourth-order valence-electron chi connectivity index (χ4n) is 4.23. The summed E-state index contributed by atoms with van der Waals surface area (Å²) in [6, 6.07) is 0.0887. The summed E-state index contributed by atoms with van der Waals surface area (Å²) in [5, 5.41) is 14.8. The van der Waals surface area contributed by atoms with Gasteiger partial charge in [0.1, 0.15) is 6.09 Å². The molecule has 4 heteroatoms. The second kappa shape index (κ2) is 4.72. The van der Waals surface area contributed by atoms with Gasteiger partial charge in [0, 0.05) is 12.6 Å². The maximum Gasteiger partial charge on any atom is 0.137 e. The predicted molar refractivity (Wildman–Crippen MR) is 69.1 cm³/mol. The largest absolute Gasteiger partial charge is 0.530 e. The van der Waals surface area contributed by atoms with Crippen molar-refractivity contribution in [1.82, 2.24) is 10.2 Å². The van der Waals surface area contributed by atoms with Crippen molar-refractivity contribution in [3.05, 3.63) is 0 Å². The molecule has 1 amide bonds. The Balaban J connectivity index is 2.34. The summed E-state index contributed by atoms with van der Waals surface area (Å²) < 4.78 is 0. The van der Waals surface area contributed by atoms with E-state index in [0.717, 1.165) is 38.8 Å². The van der Waals surface area contributed by atoms with E-state index >= 15 is 0 Å². The molecule has 0 bridgehead atoms. The van der Waals surface area contributed by atoms with E-state index in [0.29, 0.717) is 6.54 Å². The zero-order valence-corrected chi connectivity index (χ0v) is 11.8. The number of nitrogens with zero attached hydrogens (tertiary/aromatic N) is 1. The maximum atomic E-state index is 11.4. The quantitative estimate of drug-likeness (QED) is 0.706. The third-order valence-electron chi connectivity index (χ3n) is 4.62. The van der Waals surface area contributed by atoms with Crippen molar-refractivity contribution in [3.63, 3.8) is 0 Å². The van der Waals surface area contributed by atoms with Gasteiger partial charge in [0.25, 0.3) is 0 Å². The number of rotatable bonds is 0. The minimum absolute atomic E-state index is 0.0299. The summed E-state index contributed by atoms with van der Waals surface area (Å²) in [6.07, 6.45) is 3.30. The first-order chi connectivity index (χ1) is 8.37. The summed E-state index contributed by atoms with van der Waals surface area (Å²) in [5.74, 6) is 0. The first kappa shape index (κ1) is 13.7. The van der Waals surface area contributed by atoms with Crippen LogP contribution in [-0.2, 0) is 0 Å². The molecule has 0 saturated carbocycles. The van der Waals surface area contributed by atoms with Gasteiger partial charge in [-0.05, 0) is 49.6 Å². The Hall–Kier alpha value is -0.770. The van der Waals surface area contributed by atoms with Gasteiger partial charge in [-0.2, -0.15) is 0 Å². The van der Waals surface area contributed by atoms with Gasteiger partial charge in [-0.1, -0.05) is 20.8 Å². The fourth-order valence-corrected chi connectivity index (χ4v) is 4.23. The molecule has 1 unspecified atom stereocenters. The molecule has 2 saturated heterocycles. The summed E-state index contributed by atoms with van der Waals surface area (Å²) in [6.45, 7) is 9.12. The Kier molecular flexibility index (Phi) is 3.58. The van der Waals surface area contributed by atoms with Crippen LogP contribution in [-0.4, -0.2) is 36.7 Å². The number of carbonyl (C=O) groups excluding carboxylic acids is 1. The standard InChI is InChI=1S/C14H26N2O2/c1-13(2,3)11-14(6-8-15-9-7-14)5-4-10-16(11)12(17)18/h11,15H,4-10H2,1-3H3,(H,17,18)/p-1. The first-order valence-electron chi connectivity index (χ1n) is 7.05. The molecule has 0 aromatic rings. The van der Waals surface area contributed by atoms with Gasteiger partial charge in [0.2, 0.25) is 0 Å². The Morgan fingerprint density at radius 2 is 1.89 bits per heavy atom. The number of hydrogen-bond acceptors (Lipinski definition) is 3. The van der Waals surface area contributed by atoms with E-state index < -0.39 is 6.09 Å². The van der Waals surface area contributed by atoms with Gasteiger partial charge in [-0.3, -0.25) is 0 Å². The third kappa shape index (κ3) is 2.35. The highest BCUT2D eigenvalue weighted by Crippen LogP contribution is 2.49. The van der Waals surface area contributed by atoms with Crippen LogP contribution in [0.2, 0.25) is 0 Å². The monoisotopic (exact) mass is 253 g/mol. The topological polar surface area (TPSA) is 55.4 Å². The first-order valence-corrected chi connectivity index (χ1v) is 7.05. The molecule has 0 radical (unpaired) electrons. The highest BCUT2D eigenvalue weighted by atomic mass is 16.4. The normalized spacial score (nSPS) is 28.4. The van der Waals surface area contributed by atoms with E-state index in [1.165, 1.54) is 0 Å². The number of likely N-dealkylation sites (tertiary alicyclic amines) is 1. The van der Waals surface area contributed by atoms with Crippen molar-refractivity contribution in [2.45, 2.75) is 52.5 Å². The maximum absolute atomic E-state index is 11.4. The van der Waals surface area contributed by atoms with Crippen molar-refractivity contribution < 1.29 is 9.90 Å². The zero-order valence-electron chi connectivity index (χ0n) is 11.8. The molecule has 104 valence electrons. The lowest BCUT2D eigenvalue weighted by atomic mass is 9.60. The number of piperidine rings is 2. The van der Waals surface area contributed by atoms with Gasteiger partial charge >= 0.3 is 0 Å². The van der Waals surface area contributed by atoms with Crippen LogP contribution < -0.4 is 10.4 Å². The lowest BCUT2D eigenvalue weighted by Gasteiger charge is -2.57. The second-order valence-corrected chi connectivity index (χ2v) is 6.94. The summed E-state index contributed by atoms with van der Waals surface area (Å²) in [4.78, 5) is 13.0. The molecule has 1 N–H and O–H groups in total. The van der Waals surface area contributed by atoms with Crippen LogP contribution >= 0.6 is 0 Å². The molecule has 4 nitrogen and oxygen atoms in total. The number of carbonyl (C=O) groups is 1. The van der Waals surface area contributed by atoms with Gasteiger partial charge in [-0.25, -0.2) is 0 Å². The molecule has 2 heterocycles. The molecule has 2 aliphatic rings. The van der Waals surface area contributed by atoms with Crippen molar-refractivity contribution in [2.75, 3.05) is 19.6 Å². The minimum atomic E-state index is -0.993. The molecule has 0 aliphatic carbocycles. The number of hydrogen-bond donors (Lipinski definition) is 1. The van der Waals surface area contributed by atoms with Crippen molar-refractivity contribution in [2.24, 2.45) is 10.8 Å². The van der Waals surface area contributed by atoms with Crippen molar-refractivity contribution in [1.29, 1.82) is 0 Å². The number of nitrogens with one attached hydrogen (secondary N) is 1. The molecule has 2 aliphatic heterocycles. The SMILES string of the molecule is CC(C)(C)C1N(C(=O)[O-])CCCC12CCNCC2. The summed E-state index contributed by atoms with van der Waals surface area (Å²) in [5.41, 5.74) is 0.125. The second-order valence-electron chi connectivity index (χ2n) is 6.94. The van der Waals surface area contributed by atoms with Crippen molar-refractivity contribution >= 4 is 6.09 Å². The van der Waals surface area contributed by atoms with Crippen LogP contribution in [0.5, 0.6) is 0 Å². The van der Waals surface area contributed by atoms with Gasteiger partial charge in [0.15, 0.2) is 0 Å². The zero-order chi connectivity index (χ0) is 13.4. The molecule has 0 aromatic heterocycles. The minimum Gasteiger partial charge on any atom is -0.530 e. The van der Waals surface area contributed by atoms with E-state index in [9.17, 15) is 9.90 Å². The Bertz CT molecular complexity index is 311. The van der Waals surface area contributed by atoms with Crippen LogP contribution in [0, 0.1) is 10.8 Å². The van der Waals surface area contributed by atoms with E-state index in [1.807, 2.05) is 0 Å². The van der Waals surface area contributed by atoms with Crippen LogP contribution in [0.3, 0.4) is 0 Å². The Morgan fingerprint density at radius 1 is 1.28 bits per heavy atom. The van der Waals surface area contributed by atoms with Crippen LogP contribution in [0.25, 0.3) is 0 Å². The fraction of sp³-hybridized carbons (Fsp3) is 0.929. The van der Waals surface area contributed by atoms with E-state index in [2.05, 4.69) is 26.1 Å². The molecule has 2 fully saturated rings. The molecular formula is C14H25N2O2-. The molecule has 1 spiro atoms. The Labute approximate surface area is 110 Å². The molecule has 1 atom stereocenters. The van der Waals surface area contributed by atoms with Crippen LogP contribution in [0.4, 0.5) is 4.79 Å². The Morgan fingerprint density at radius 3 is 2.39 bits per heavy atom. The van der Waals surface area contributed by atoms with Crippen LogP contribution in [0.1, 0.15) is 46.5 Å². The van der Waals surface area contributed by atoms with E-state index in [1.54, 1.807) is 4.90 Å². The van der Waals surface area contributed by atoms with E-state index in [-0.39, 0.29) is 16.9 Å². The summed E-state index contributed by atoms with van der Waals surface area (Å²) >= 11 is 0. The van der Waals surface area contributed by atoms with Gasteiger partial charge < -0.3 is 20.1 Å². The molecule has 18 heavy (non-hydrogen) atoms. The van der Waals surface area contributed by atoms with Gasteiger partial charge in [0.05, 0.1) is 0 Å². The smallest absolute Gasteiger partial charge is 0.137 e. The average molecular weight is 253 g/mol. The van der Waals surface area contributed by atoms with Gasteiger partial charge in [-0.15, -0.1) is 0 Å². The highest BCUT2D eigenvalue weighted by Gasteiger charge is 2.50. The highest BCUT2D eigenvalue weighted by molar-refractivity contribution is 5.63. The number of amides is 1. The molecule has 2 rings (SSSR count). The average Bonchev–Trinajstić information content (AvgIpc) is 2.28. The lowest BCUT2D eigenvalue weighted by molar-refractivity contribution is -0.276. The van der Waals surface area contributed by atoms with Crippen molar-refractivity contribution in [3.8, 4) is 0 Å².